The van der Waals surface area contributed by atoms with Crippen LogP contribution in [-0.2, 0) is 10.5 Å². The van der Waals surface area contributed by atoms with Gasteiger partial charge in [0.1, 0.15) is 0 Å². The third-order valence-electron chi connectivity index (χ3n) is 3.10. The van der Waals surface area contributed by atoms with Gasteiger partial charge in [0, 0.05) is 29.1 Å². The first kappa shape index (κ1) is 17.5. The molecule has 2 rings (SSSR count). The number of hydrogen-bond donors (Lipinski definition) is 2. The summed E-state index contributed by atoms with van der Waals surface area (Å²) in [5.74, 6) is 0.126. The molecule has 0 atom stereocenters. The largest absolute Gasteiger partial charge is 0.366 e. The van der Waals surface area contributed by atoms with Crippen LogP contribution >= 0.6 is 11.8 Å². The number of amides is 2. The maximum absolute atomic E-state index is 11.9. The van der Waals surface area contributed by atoms with Crippen LogP contribution in [0.15, 0.2) is 48.5 Å². The highest BCUT2D eigenvalue weighted by molar-refractivity contribution is 7.99. The Morgan fingerprint density at radius 1 is 1.08 bits per heavy atom. The molecule has 0 unspecified atom stereocenters. The number of nitrogens with one attached hydrogen (secondary N) is 1. The van der Waals surface area contributed by atoms with Crippen molar-refractivity contribution in [3.63, 3.8) is 0 Å². The number of nitrogens with two attached hydrogens (primary N) is 1. The summed E-state index contributed by atoms with van der Waals surface area (Å²) in [5.41, 5.74) is 7.05. The van der Waals surface area contributed by atoms with Crippen LogP contribution in [-0.4, -0.2) is 22.5 Å². The van der Waals surface area contributed by atoms with Crippen LogP contribution in [0.25, 0.3) is 0 Å². The average Bonchev–Trinajstić information content (AvgIpc) is 2.55. The summed E-state index contributed by atoms with van der Waals surface area (Å²) in [7, 11) is 0. The van der Waals surface area contributed by atoms with E-state index >= 15 is 0 Å². The number of anilines is 1. The summed E-state index contributed by atoms with van der Waals surface area (Å²) in [4.78, 5) is 32.9. The minimum atomic E-state index is -0.522. The van der Waals surface area contributed by atoms with E-state index in [0.717, 1.165) is 5.56 Å². The van der Waals surface area contributed by atoms with Gasteiger partial charge >= 0.3 is 0 Å². The number of nitro groups is 1. The van der Waals surface area contributed by atoms with Gasteiger partial charge in [0.05, 0.1) is 10.7 Å². The molecular formula is C16H15N3O4S. The Hall–Kier alpha value is -2.87. The molecule has 0 bridgehead atoms. The summed E-state index contributed by atoms with van der Waals surface area (Å²) in [6.45, 7) is 0. The molecule has 2 amide bonds. The number of benzene rings is 2. The lowest BCUT2D eigenvalue weighted by Gasteiger charge is -2.06. The molecule has 0 aliphatic rings. The summed E-state index contributed by atoms with van der Waals surface area (Å²) in [6.07, 6.45) is 0. The van der Waals surface area contributed by atoms with E-state index in [1.54, 1.807) is 36.4 Å². The molecule has 124 valence electrons. The van der Waals surface area contributed by atoms with Crippen molar-refractivity contribution in [1.29, 1.82) is 0 Å². The number of carbonyl (C=O) groups excluding carboxylic acids is 2. The SMILES string of the molecule is NC(=O)c1ccc(NC(=O)CSCc2ccc([N+](=O)[O-])cc2)cc1. The standard InChI is InChI=1S/C16H15N3O4S/c17-16(21)12-3-5-13(6-4-12)18-15(20)10-24-9-11-1-7-14(8-2-11)19(22)23/h1-8H,9-10H2,(H2,17,21)(H,18,20). The van der Waals surface area contributed by atoms with E-state index in [4.69, 9.17) is 5.73 Å². The van der Waals surface area contributed by atoms with Crippen LogP contribution in [0.3, 0.4) is 0 Å². The Morgan fingerprint density at radius 2 is 1.71 bits per heavy atom. The van der Waals surface area contributed by atoms with Gasteiger partial charge in [0.15, 0.2) is 0 Å². The van der Waals surface area contributed by atoms with Crippen LogP contribution in [0.2, 0.25) is 0 Å². The highest BCUT2D eigenvalue weighted by Gasteiger charge is 2.06. The fourth-order valence-electron chi connectivity index (χ4n) is 1.89. The molecule has 0 aromatic heterocycles. The third kappa shape index (κ3) is 5.10. The van der Waals surface area contributed by atoms with E-state index in [1.807, 2.05) is 0 Å². The molecule has 3 N–H and O–H groups in total. The first-order valence-electron chi connectivity index (χ1n) is 6.96. The minimum absolute atomic E-state index is 0.0425. The summed E-state index contributed by atoms with van der Waals surface area (Å²) in [6, 6.07) is 12.5. The number of nitro benzene ring substituents is 1. The fraction of sp³-hybridized carbons (Fsp3) is 0.125. The second-order valence-electron chi connectivity index (χ2n) is 4.91. The Kier molecular flexibility index (Phi) is 5.91. The van der Waals surface area contributed by atoms with Gasteiger partial charge in [0.2, 0.25) is 11.8 Å². The number of rotatable bonds is 7. The lowest BCUT2D eigenvalue weighted by Crippen LogP contribution is -2.15. The van der Waals surface area contributed by atoms with E-state index in [-0.39, 0.29) is 17.3 Å². The summed E-state index contributed by atoms with van der Waals surface area (Å²) in [5, 5.41) is 13.3. The summed E-state index contributed by atoms with van der Waals surface area (Å²) >= 11 is 1.40. The zero-order chi connectivity index (χ0) is 17.5. The van der Waals surface area contributed by atoms with E-state index in [1.165, 1.54) is 23.9 Å². The van der Waals surface area contributed by atoms with E-state index in [2.05, 4.69) is 5.32 Å². The second kappa shape index (κ2) is 8.11. The monoisotopic (exact) mass is 345 g/mol. The molecule has 0 heterocycles. The van der Waals surface area contributed by atoms with Crippen molar-refractivity contribution in [1.82, 2.24) is 0 Å². The molecule has 2 aromatic rings. The minimum Gasteiger partial charge on any atom is -0.366 e. The van der Waals surface area contributed by atoms with Gasteiger partial charge < -0.3 is 11.1 Å². The first-order chi connectivity index (χ1) is 11.5. The normalized spacial score (nSPS) is 10.2. The van der Waals surface area contributed by atoms with Gasteiger partial charge in [-0.15, -0.1) is 11.8 Å². The molecule has 0 saturated heterocycles. The van der Waals surface area contributed by atoms with Crippen molar-refractivity contribution in [2.45, 2.75) is 5.75 Å². The zero-order valence-electron chi connectivity index (χ0n) is 12.6. The molecular weight excluding hydrogens is 330 g/mol. The van der Waals surface area contributed by atoms with Crippen molar-refractivity contribution in [3.05, 3.63) is 69.8 Å². The third-order valence-corrected chi connectivity index (χ3v) is 4.11. The van der Waals surface area contributed by atoms with Gasteiger partial charge in [-0.1, -0.05) is 12.1 Å². The smallest absolute Gasteiger partial charge is 0.269 e. The van der Waals surface area contributed by atoms with Crippen LogP contribution in [0.4, 0.5) is 11.4 Å². The maximum Gasteiger partial charge on any atom is 0.269 e. The molecule has 0 radical (unpaired) electrons. The van der Waals surface area contributed by atoms with Crippen LogP contribution in [0.5, 0.6) is 0 Å². The fourth-order valence-corrected chi connectivity index (χ4v) is 2.68. The molecule has 0 aliphatic carbocycles. The van der Waals surface area contributed by atoms with Gasteiger partial charge in [-0.25, -0.2) is 0 Å². The van der Waals surface area contributed by atoms with Gasteiger partial charge in [0.25, 0.3) is 5.69 Å². The van der Waals surface area contributed by atoms with Crippen molar-refractivity contribution in [2.75, 3.05) is 11.1 Å². The zero-order valence-corrected chi connectivity index (χ0v) is 13.4. The first-order valence-corrected chi connectivity index (χ1v) is 8.12. The lowest BCUT2D eigenvalue weighted by molar-refractivity contribution is -0.384. The van der Waals surface area contributed by atoms with Crippen molar-refractivity contribution in [2.24, 2.45) is 5.73 Å². The van der Waals surface area contributed by atoms with Gasteiger partial charge in [-0.2, -0.15) is 0 Å². The number of non-ortho nitro benzene ring substituents is 1. The molecule has 0 fully saturated rings. The highest BCUT2D eigenvalue weighted by atomic mass is 32.2. The van der Waals surface area contributed by atoms with E-state index in [0.29, 0.717) is 17.0 Å². The van der Waals surface area contributed by atoms with Crippen molar-refractivity contribution >= 4 is 35.0 Å². The van der Waals surface area contributed by atoms with Crippen molar-refractivity contribution in [3.8, 4) is 0 Å². The Labute approximate surface area is 142 Å². The maximum atomic E-state index is 11.9. The highest BCUT2D eigenvalue weighted by Crippen LogP contribution is 2.17. The van der Waals surface area contributed by atoms with Crippen molar-refractivity contribution < 1.29 is 14.5 Å². The molecule has 0 spiro atoms. The number of primary amides is 1. The number of thioether (sulfide) groups is 1. The number of hydrogen-bond acceptors (Lipinski definition) is 5. The average molecular weight is 345 g/mol. The Bertz CT molecular complexity index is 745. The predicted octanol–water partition coefficient (Wildman–Crippen LogP) is 2.57. The topological polar surface area (TPSA) is 115 Å². The Balaban J connectivity index is 1.78. The van der Waals surface area contributed by atoms with Crippen LogP contribution in [0, 0.1) is 10.1 Å². The van der Waals surface area contributed by atoms with Gasteiger partial charge in [-0.05, 0) is 29.8 Å². The summed E-state index contributed by atoms with van der Waals surface area (Å²) < 4.78 is 0. The molecule has 2 aromatic carbocycles. The molecule has 0 aliphatic heterocycles. The van der Waals surface area contributed by atoms with E-state index in [9.17, 15) is 19.7 Å². The number of nitrogens with zero attached hydrogens (tertiary/aromatic N) is 1. The quantitative estimate of drug-likeness (QED) is 0.591. The molecule has 24 heavy (non-hydrogen) atoms. The Morgan fingerprint density at radius 3 is 2.25 bits per heavy atom. The van der Waals surface area contributed by atoms with Gasteiger partial charge in [-0.3, -0.25) is 19.7 Å². The van der Waals surface area contributed by atoms with Crippen LogP contribution in [0.1, 0.15) is 15.9 Å². The predicted molar refractivity (Wildman–Crippen MR) is 92.8 cm³/mol. The molecule has 0 saturated carbocycles. The molecule has 7 nitrogen and oxygen atoms in total. The van der Waals surface area contributed by atoms with Crippen LogP contribution < -0.4 is 11.1 Å². The van der Waals surface area contributed by atoms with E-state index < -0.39 is 10.8 Å². The number of carbonyl (C=O) groups is 2. The second-order valence-corrected chi connectivity index (χ2v) is 5.89. The lowest BCUT2D eigenvalue weighted by atomic mass is 10.2. The molecule has 8 heteroatoms.